The van der Waals surface area contributed by atoms with E-state index in [9.17, 15) is 4.79 Å². The minimum atomic E-state index is -0.274. The number of benzene rings is 2. The summed E-state index contributed by atoms with van der Waals surface area (Å²) >= 11 is 0. The van der Waals surface area contributed by atoms with E-state index in [1.807, 2.05) is 54.6 Å². The molecule has 1 fully saturated rings. The van der Waals surface area contributed by atoms with Crippen LogP contribution in [-0.4, -0.2) is 39.0 Å². The van der Waals surface area contributed by atoms with E-state index in [1.165, 1.54) is 25.1 Å². The molecular weight excluding hydrogens is 456 g/mol. The summed E-state index contributed by atoms with van der Waals surface area (Å²) in [6.07, 6.45) is 8.61. The Morgan fingerprint density at radius 2 is 2.00 bits per heavy atom. The van der Waals surface area contributed by atoms with Gasteiger partial charge in [0, 0.05) is 24.4 Å². The summed E-state index contributed by atoms with van der Waals surface area (Å²) in [6, 6.07) is 18.2. The van der Waals surface area contributed by atoms with Crippen LogP contribution < -0.4 is 20.6 Å². The summed E-state index contributed by atoms with van der Waals surface area (Å²) < 4.78 is 14.9. The van der Waals surface area contributed by atoms with Gasteiger partial charge in [0.2, 0.25) is 11.3 Å². The van der Waals surface area contributed by atoms with Crippen molar-refractivity contribution >= 4 is 11.4 Å². The van der Waals surface area contributed by atoms with Crippen molar-refractivity contribution in [3.8, 4) is 23.0 Å². The van der Waals surface area contributed by atoms with Gasteiger partial charge in [0.25, 0.3) is 0 Å². The standard InChI is InChI=1S/C27H26N6O3/c1-35-25-17-21(33-26(12-15-29-33)36-18-19-7-8-19)9-10-23(25)32-16-13-24(34)27(31-32)22(11-14-28)30-20-5-3-2-4-6-20/h2-6,9-17,19H,7-8,18,28H2,1H3. The summed E-state index contributed by atoms with van der Waals surface area (Å²) in [7, 11) is 1.58. The number of rotatable bonds is 9. The second-order valence-electron chi connectivity index (χ2n) is 8.36. The number of aromatic nitrogens is 4. The maximum atomic E-state index is 12.7. The Morgan fingerprint density at radius 1 is 1.17 bits per heavy atom. The van der Waals surface area contributed by atoms with E-state index < -0.39 is 0 Å². The van der Waals surface area contributed by atoms with Gasteiger partial charge >= 0.3 is 0 Å². The van der Waals surface area contributed by atoms with E-state index in [0.717, 1.165) is 5.69 Å². The SMILES string of the molecule is COc1cc(-n2nccc2OCC2CC2)ccc1-n1ccc(=O)c(C(C=CN)=Nc2ccccc2)n1. The van der Waals surface area contributed by atoms with Crippen LogP contribution in [0, 0.1) is 5.92 Å². The first kappa shape index (κ1) is 23.1. The average molecular weight is 483 g/mol. The number of methoxy groups -OCH3 is 1. The largest absolute Gasteiger partial charge is 0.494 e. The highest BCUT2D eigenvalue weighted by atomic mass is 16.5. The number of hydrogen-bond acceptors (Lipinski definition) is 7. The summed E-state index contributed by atoms with van der Waals surface area (Å²) in [4.78, 5) is 17.3. The lowest BCUT2D eigenvalue weighted by atomic mass is 10.2. The van der Waals surface area contributed by atoms with Crippen molar-refractivity contribution in [2.75, 3.05) is 13.7 Å². The Hall–Kier alpha value is -4.66. The minimum absolute atomic E-state index is 0.164. The predicted molar refractivity (Wildman–Crippen MR) is 138 cm³/mol. The van der Waals surface area contributed by atoms with Crippen molar-refractivity contribution in [3.05, 3.63) is 101 Å². The van der Waals surface area contributed by atoms with E-state index >= 15 is 0 Å². The lowest BCUT2D eigenvalue weighted by Crippen LogP contribution is -2.20. The Morgan fingerprint density at radius 3 is 2.75 bits per heavy atom. The molecule has 4 aromatic rings. The zero-order valence-electron chi connectivity index (χ0n) is 19.8. The number of aliphatic imine (C=N–C) groups is 1. The van der Waals surface area contributed by atoms with Gasteiger partial charge in [0.1, 0.15) is 11.4 Å². The van der Waals surface area contributed by atoms with Gasteiger partial charge in [-0.3, -0.25) is 4.79 Å². The van der Waals surface area contributed by atoms with Gasteiger partial charge in [-0.15, -0.1) is 0 Å². The summed E-state index contributed by atoms with van der Waals surface area (Å²) in [5, 5.41) is 8.98. The Bertz CT molecular complexity index is 1470. The highest BCUT2D eigenvalue weighted by Gasteiger charge is 2.23. The minimum Gasteiger partial charge on any atom is -0.494 e. The van der Waals surface area contributed by atoms with E-state index in [0.29, 0.717) is 41.2 Å². The van der Waals surface area contributed by atoms with Gasteiger partial charge in [-0.2, -0.15) is 10.2 Å². The van der Waals surface area contributed by atoms with Crippen LogP contribution in [0.2, 0.25) is 0 Å². The van der Waals surface area contributed by atoms with Crippen molar-refractivity contribution < 1.29 is 9.47 Å². The zero-order chi connectivity index (χ0) is 24.9. The van der Waals surface area contributed by atoms with Gasteiger partial charge in [-0.05, 0) is 55.3 Å². The maximum absolute atomic E-state index is 12.7. The van der Waals surface area contributed by atoms with Crippen molar-refractivity contribution in [2.45, 2.75) is 12.8 Å². The molecule has 0 radical (unpaired) electrons. The first-order chi connectivity index (χ1) is 17.7. The van der Waals surface area contributed by atoms with Crippen LogP contribution in [0.4, 0.5) is 5.69 Å². The Balaban J connectivity index is 1.51. The van der Waals surface area contributed by atoms with E-state index in [1.54, 1.807) is 34.9 Å². The number of nitrogens with two attached hydrogens (primary N) is 1. The van der Waals surface area contributed by atoms with Crippen LogP contribution in [0.3, 0.4) is 0 Å². The van der Waals surface area contributed by atoms with E-state index in [4.69, 9.17) is 15.2 Å². The molecule has 0 atom stereocenters. The smallest absolute Gasteiger partial charge is 0.216 e. The van der Waals surface area contributed by atoms with Gasteiger partial charge in [0.15, 0.2) is 5.69 Å². The number of ether oxygens (including phenoxy) is 2. The van der Waals surface area contributed by atoms with E-state index in [-0.39, 0.29) is 11.1 Å². The molecule has 9 heteroatoms. The quantitative estimate of drug-likeness (QED) is 0.363. The molecule has 2 heterocycles. The summed E-state index contributed by atoms with van der Waals surface area (Å²) in [5.41, 5.74) is 8.00. The van der Waals surface area contributed by atoms with Crippen molar-refractivity contribution in [3.63, 3.8) is 0 Å². The molecule has 5 rings (SSSR count). The molecule has 0 unspecified atom stereocenters. The Labute approximate surface area is 208 Å². The first-order valence-electron chi connectivity index (χ1n) is 11.6. The molecule has 0 aliphatic heterocycles. The summed E-state index contributed by atoms with van der Waals surface area (Å²) in [5.74, 6) is 1.86. The molecule has 0 bridgehead atoms. The second kappa shape index (κ2) is 10.3. The van der Waals surface area contributed by atoms with Crippen LogP contribution in [0.15, 0.2) is 95.1 Å². The third-order valence-electron chi connectivity index (χ3n) is 5.74. The van der Waals surface area contributed by atoms with Crippen LogP contribution in [0.5, 0.6) is 11.6 Å². The molecule has 0 saturated heterocycles. The molecule has 1 saturated carbocycles. The monoisotopic (exact) mass is 482 g/mol. The molecule has 2 N–H and O–H groups in total. The highest BCUT2D eigenvalue weighted by molar-refractivity contribution is 6.08. The fraction of sp³-hybridized carbons (Fsp3) is 0.185. The van der Waals surface area contributed by atoms with Gasteiger partial charge in [-0.1, -0.05) is 18.2 Å². The molecular formula is C27H26N6O3. The number of hydrogen-bond donors (Lipinski definition) is 1. The van der Waals surface area contributed by atoms with Gasteiger partial charge < -0.3 is 15.2 Å². The van der Waals surface area contributed by atoms with Crippen LogP contribution >= 0.6 is 0 Å². The molecule has 1 aliphatic carbocycles. The molecule has 0 amide bonds. The fourth-order valence-electron chi connectivity index (χ4n) is 3.69. The van der Waals surface area contributed by atoms with E-state index in [2.05, 4.69) is 15.2 Å². The topological polar surface area (TPSA) is 110 Å². The third-order valence-corrected chi connectivity index (χ3v) is 5.74. The molecule has 2 aromatic heterocycles. The number of para-hydroxylation sites is 1. The molecule has 1 aliphatic rings. The predicted octanol–water partition coefficient (Wildman–Crippen LogP) is 3.81. The molecule has 9 nitrogen and oxygen atoms in total. The lowest BCUT2D eigenvalue weighted by Gasteiger charge is -2.14. The Kier molecular flexibility index (Phi) is 6.61. The number of allylic oxidation sites excluding steroid dienone is 1. The highest BCUT2D eigenvalue weighted by Crippen LogP contribution is 2.31. The molecule has 0 spiro atoms. The molecule has 182 valence electrons. The van der Waals surface area contributed by atoms with Crippen molar-refractivity contribution in [1.29, 1.82) is 0 Å². The van der Waals surface area contributed by atoms with Crippen molar-refractivity contribution in [1.82, 2.24) is 19.6 Å². The third kappa shape index (κ3) is 5.05. The molecule has 36 heavy (non-hydrogen) atoms. The van der Waals surface area contributed by atoms with Gasteiger partial charge in [0.05, 0.1) is 37.0 Å². The first-order valence-corrected chi connectivity index (χ1v) is 11.6. The normalized spacial score (nSPS) is 13.8. The van der Waals surface area contributed by atoms with Crippen LogP contribution in [0.25, 0.3) is 11.4 Å². The number of nitrogens with zero attached hydrogens (tertiary/aromatic N) is 5. The van der Waals surface area contributed by atoms with Gasteiger partial charge in [-0.25, -0.2) is 14.4 Å². The lowest BCUT2D eigenvalue weighted by molar-refractivity contribution is 0.280. The fourth-order valence-corrected chi connectivity index (χ4v) is 3.69. The van der Waals surface area contributed by atoms with Crippen LogP contribution in [-0.2, 0) is 0 Å². The average Bonchev–Trinajstić information content (AvgIpc) is 3.63. The molecule has 2 aromatic carbocycles. The summed E-state index contributed by atoms with van der Waals surface area (Å²) in [6.45, 7) is 0.690. The van der Waals surface area contributed by atoms with Crippen molar-refractivity contribution in [2.24, 2.45) is 16.6 Å². The zero-order valence-corrected chi connectivity index (χ0v) is 19.8. The second-order valence-corrected chi connectivity index (χ2v) is 8.36. The van der Waals surface area contributed by atoms with Crippen LogP contribution in [0.1, 0.15) is 18.5 Å². The maximum Gasteiger partial charge on any atom is 0.216 e.